The largest absolute Gasteiger partial charge is 0.385 e. The fourth-order valence-corrected chi connectivity index (χ4v) is 3.00. The number of fused-ring (bicyclic) bond motifs is 1. The number of aryl methyl sites for hydroxylation is 2. The summed E-state index contributed by atoms with van der Waals surface area (Å²) in [6.45, 7) is 1.96. The van der Waals surface area contributed by atoms with Gasteiger partial charge in [0, 0.05) is 6.42 Å². The van der Waals surface area contributed by atoms with Crippen LogP contribution >= 0.6 is 0 Å². The molecule has 1 aliphatic carbocycles. The van der Waals surface area contributed by atoms with E-state index in [4.69, 9.17) is 0 Å². The summed E-state index contributed by atoms with van der Waals surface area (Å²) in [5.74, 6) is -1.73. The normalized spacial score (nSPS) is 21.0. The van der Waals surface area contributed by atoms with E-state index in [9.17, 15) is 13.9 Å². The number of rotatable bonds is 2. The SMILES string of the molecule is Cc1ccc2c(c1)C(O)(Cc1cccc(F)c1F)CC2. The van der Waals surface area contributed by atoms with E-state index in [2.05, 4.69) is 0 Å². The highest BCUT2D eigenvalue weighted by Crippen LogP contribution is 2.40. The smallest absolute Gasteiger partial charge is 0.162 e. The van der Waals surface area contributed by atoms with E-state index in [1.165, 1.54) is 12.1 Å². The Morgan fingerprint density at radius 3 is 2.80 bits per heavy atom. The minimum Gasteiger partial charge on any atom is -0.385 e. The molecule has 0 saturated heterocycles. The first-order valence-electron chi connectivity index (χ1n) is 6.75. The van der Waals surface area contributed by atoms with Gasteiger partial charge < -0.3 is 5.11 Å². The van der Waals surface area contributed by atoms with Crippen molar-refractivity contribution >= 4 is 0 Å². The van der Waals surface area contributed by atoms with Crippen molar-refractivity contribution in [1.29, 1.82) is 0 Å². The zero-order valence-electron chi connectivity index (χ0n) is 11.3. The van der Waals surface area contributed by atoms with Gasteiger partial charge in [-0.05, 0) is 42.5 Å². The minimum absolute atomic E-state index is 0.104. The maximum absolute atomic E-state index is 13.8. The molecular formula is C17H16F2O. The lowest BCUT2D eigenvalue weighted by molar-refractivity contribution is 0.0379. The van der Waals surface area contributed by atoms with Gasteiger partial charge in [-0.25, -0.2) is 8.78 Å². The Morgan fingerprint density at radius 1 is 1.20 bits per heavy atom. The molecule has 1 N–H and O–H groups in total. The maximum Gasteiger partial charge on any atom is 0.162 e. The molecule has 20 heavy (non-hydrogen) atoms. The van der Waals surface area contributed by atoms with Crippen LogP contribution in [0.2, 0.25) is 0 Å². The third-order valence-electron chi connectivity index (χ3n) is 4.09. The summed E-state index contributed by atoms with van der Waals surface area (Å²) in [7, 11) is 0. The van der Waals surface area contributed by atoms with Gasteiger partial charge in [0.1, 0.15) is 0 Å². The molecule has 0 amide bonds. The molecule has 1 unspecified atom stereocenters. The van der Waals surface area contributed by atoms with Gasteiger partial charge in [-0.15, -0.1) is 0 Å². The van der Waals surface area contributed by atoms with Crippen LogP contribution in [0.1, 0.15) is 28.7 Å². The molecule has 0 heterocycles. The summed E-state index contributed by atoms with van der Waals surface area (Å²) < 4.78 is 27.1. The van der Waals surface area contributed by atoms with E-state index in [-0.39, 0.29) is 12.0 Å². The van der Waals surface area contributed by atoms with Crippen molar-refractivity contribution in [2.24, 2.45) is 0 Å². The van der Waals surface area contributed by atoms with Crippen LogP contribution in [0.3, 0.4) is 0 Å². The number of hydrogen-bond acceptors (Lipinski definition) is 1. The van der Waals surface area contributed by atoms with Crippen LogP contribution < -0.4 is 0 Å². The van der Waals surface area contributed by atoms with Gasteiger partial charge >= 0.3 is 0 Å². The van der Waals surface area contributed by atoms with Crippen LogP contribution in [0.4, 0.5) is 8.78 Å². The van der Waals surface area contributed by atoms with Crippen LogP contribution in [-0.2, 0) is 18.4 Å². The molecule has 1 aliphatic rings. The summed E-state index contributed by atoms with van der Waals surface area (Å²) in [4.78, 5) is 0. The van der Waals surface area contributed by atoms with Gasteiger partial charge in [-0.1, -0.05) is 35.9 Å². The molecule has 0 aliphatic heterocycles. The van der Waals surface area contributed by atoms with Gasteiger partial charge in [0.05, 0.1) is 5.60 Å². The van der Waals surface area contributed by atoms with Crippen molar-refractivity contribution in [3.63, 3.8) is 0 Å². The molecule has 0 saturated carbocycles. The first kappa shape index (κ1) is 13.3. The third-order valence-corrected chi connectivity index (χ3v) is 4.09. The van der Waals surface area contributed by atoms with Crippen molar-refractivity contribution in [2.45, 2.75) is 31.8 Å². The Balaban J connectivity index is 2.00. The Bertz CT molecular complexity index is 666. The Morgan fingerprint density at radius 2 is 2.00 bits per heavy atom. The van der Waals surface area contributed by atoms with Crippen LogP contribution in [0.15, 0.2) is 36.4 Å². The van der Waals surface area contributed by atoms with Gasteiger partial charge in [0.15, 0.2) is 11.6 Å². The monoisotopic (exact) mass is 274 g/mol. The number of benzene rings is 2. The predicted octanol–water partition coefficient (Wildman–Crippen LogP) is 3.65. The van der Waals surface area contributed by atoms with E-state index < -0.39 is 17.2 Å². The van der Waals surface area contributed by atoms with Crippen molar-refractivity contribution in [1.82, 2.24) is 0 Å². The summed E-state index contributed by atoms with van der Waals surface area (Å²) in [5, 5.41) is 10.8. The summed E-state index contributed by atoms with van der Waals surface area (Å²) >= 11 is 0. The van der Waals surface area contributed by atoms with Crippen molar-refractivity contribution in [3.05, 3.63) is 70.3 Å². The lowest BCUT2D eigenvalue weighted by Gasteiger charge is -2.25. The molecule has 0 fully saturated rings. The highest BCUT2D eigenvalue weighted by molar-refractivity contribution is 5.41. The maximum atomic E-state index is 13.8. The minimum atomic E-state index is -1.10. The van der Waals surface area contributed by atoms with E-state index in [0.29, 0.717) is 6.42 Å². The van der Waals surface area contributed by atoms with Gasteiger partial charge in [0.2, 0.25) is 0 Å². The third kappa shape index (κ3) is 2.12. The van der Waals surface area contributed by atoms with Crippen molar-refractivity contribution in [3.8, 4) is 0 Å². The molecular weight excluding hydrogens is 258 g/mol. The quantitative estimate of drug-likeness (QED) is 0.886. The van der Waals surface area contributed by atoms with E-state index in [1.807, 2.05) is 25.1 Å². The Labute approximate surface area is 116 Å². The van der Waals surface area contributed by atoms with Crippen LogP contribution in [0, 0.1) is 18.6 Å². The first-order valence-corrected chi connectivity index (χ1v) is 6.75. The lowest BCUT2D eigenvalue weighted by Crippen LogP contribution is -2.26. The fraction of sp³-hybridized carbons (Fsp3) is 0.294. The molecule has 1 atom stereocenters. The van der Waals surface area contributed by atoms with Gasteiger partial charge in [-0.3, -0.25) is 0 Å². The second kappa shape index (κ2) is 4.67. The molecule has 0 spiro atoms. The second-order valence-corrected chi connectivity index (χ2v) is 5.58. The summed E-state index contributed by atoms with van der Waals surface area (Å²) in [6, 6.07) is 10.1. The highest BCUT2D eigenvalue weighted by atomic mass is 19.2. The molecule has 0 bridgehead atoms. The van der Waals surface area contributed by atoms with Crippen molar-refractivity contribution in [2.75, 3.05) is 0 Å². The average Bonchev–Trinajstić information content (AvgIpc) is 2.73. The topological polar surface area (TPSA) is 20.2 Å². The fourth-order valence-electron chi connectivity index (χ4n) is 3.00. The molecule has 3 rings (SSSR count). The zero-order chi connectivity index (χ0) is 14.3. The van der Waals surface area contributed by atoms with E-state index in [0.717, 1.165) is 29.2 Å². The molecule has 2 aromatic carbocycles. The van der Waals surface area contributed by atoms with E-state index >= 15 is 0 Å². The first-order chi connectivity index (χ1) is 9.49. The molecule has 0 aromatic heterocycles. The van der Waals surface area contributed by atoms with Gasteiger partial charge in [0.25, 0.3) is 0 Å². The van der Waals surface area contributed by atoms with Crippen LogP contribution in [0.5, 0.6) is 0 Å². The predicted molar refractivity (Wildman–Crippen MR) is 73.5 cm³/mol. The lowest BCUT2D eigenvalue weighted by atomic mass is 9.88. The zero-order valence-corrected chi connectivity index (χ0v) is 11.3. The highest BCUT2D eigenvalue weighted by Gasteiger charge is 2.37. The Hall–Kier alpha value is -1.74. The average molecular weight is 274 g/mol. The number of hydrogen-bond donors (Lipinski definition) is 1. The molecule has 0 radical (unpaired) electrons. The summed E-state index contributed by atoms with van der Waals surface area (Å²) in [6.07, 6.45) is 1.41. The summed E-state index contributed by atoms with van der Waals surface area (Å²) in [5.41, 5.74) is 2.12. The Kier molecular flexibility index (Phi) is 3.09. The second-order valence-electron chi connectivity index (χ2n) is 5.58. The number of halogens is 2. The molecule has 104 valence electrons. The van der Waals surface area contributed by atoms with E-state index in [1.54, 1.807) is 0 Å². The van der Waals surface area contributed by atoms with Gasteiger partial charge in [-0.2, -0.15) is 0 Å². The van der Waals surface area contributed by atoms with Crippen molar-refractivity contribution < 1.29 is 13.9 Å². The standard InChI is InChI=1S/C17H16F2O/c1-11-5-6-12-7-8-17(20,14(12)9-11)10-13-3-2-4-15(18)16(13)19/h2-6,9,20H,7-8,10H2,1H3. The van der Waals surface area contributed by atoms with Crippen LogP contribution in [0.25, 0.3) is 0 Å². The number of aliphatic hydroxyl groups is 1. The van der Waals surface area contributed by atoms with Crippen LogP contribution in [-0.4, -0.2) is 5.11 Å². The molecule has 1 nitrogen and oxygen atoms in total. The molecule has 2 aromatic rings. The molecule has 3 heteroatoms.